The lowest BCUT2D eigenvalue weighted by molar-refractivity contribution is -0.117. The van der Waals surface area contributed by atoms with Crippen LogP contribution in [-0.2, 0) is 11.3 Å². The van der Waals surface area contributed by atoms with Gasteiger partial charge in [-0.25, -0.2) is 4.79 Å². The SMILES string of the molecule is C=CCn1c(C)nnc1SCC(=O)NC(=O)NC12CC3CC(CC(C3)C1)C2. The van der Waals surface area contributed by atoms with E-state index in [9.17, 15) is 9.59 Å². The summed E-state index contributed by atoms with van der Waals surface area (Å²) in [7, 11) is 0. The maximum absolute atomic E-state index is 12.4. The number of nitrogens with one attached hydrogen (secondary N) is 2. The van der Waals surface area contributed by atoms with Gasteiger partial charge in [0.1, 0.15) is 5.82 Å². The number of rotatable bonds is 6. The van der Waals surface area contributed by atoms with Gasteiger partial charge in [-0.2, -0.15) is 0 Å². The lowest BCUT2D eigenvalue weighted by atomic mass is 9.53. The van der Waals surface area contributed by atoms with E-state index in [1.165, 1.54) is 31.0 Å². The molecule has 1 aromatic rings. The zero-order valence-electron chi connectivity index (χ0n) is 15.7. The van der Waals surface area contributed by atoms with Crippen LogP contribution in [0.4, 0.5) is 4.79 Å². The summed E-state index contributed by atoms with van der Waals surface area (Å²) in [4.78, 5) is 24.6. The fourth-order valence-corrected chi connectivity index (χ4v) is 6.43. The molecule has 0 radical (unpaired) electrons. The Labute approximate surface area is 163 Å². The van der Waals surface area contributed by atoms with Crippen LogP contribution in [0.15, 0.2) is 17.8 Å². The van der Waals surface area contributed by atoms with Gasteiger partial charge < -0.3 is 9.88 Å². The molecule has 0 atom stereocenters. The second-order valence-corrected chi connectivity index (χ2v) is 9.36. The normalized spacial score (nSPS) is 30.9. The number of carbonyl (C=O) groups excluding carboxylic acids is 2. The van der Waals surface area contributed by atoms with Crippen molar-refractivity contribution in [2.75, 3.05) is 5.75 Å². The third kappa shape index (κ3) is 3.90. The predicted molar refractivity (Wildman–Crippen MR) is 103 cm³/mol. The first-order valence-corrected chi connectivity index (χ1v) is 10.7. The van der Waals surface area contributed by atoms with Crippen LogP contribution in [0.1, 0.15) is 44.3 Å². The monoisotopic (exact) mass is 389 g/mol. The average Bonchev–Trinajstić information content (AvgIpc) is 2.92. The van der Waals surface area contributed by atoms with E-state index < -0.39 is 0 Å². The van der Waals surface area contributed by atoms with Gasteiger partial charge in [0.2, 0.25) is 5.91 Å². The molecule has 2 N–H and O–H groups in total. The summed E-state index contributed by atoms with van der Waals surface area (Å²) in [6, 6.07) is -0.355. The van der Waals surface area contributed by atoms with Crippen molar-refractivity contribution in [3.05, 3.63) is 18.5 Å². The molecular weight excluding hydrogens is 362 g/mol. The van der Waals surface area contributed by atoms with Crippen molar-refractivity contribution in [1.82, 2.24) is 25.4 Å². The van der Waals surface area contributed by atoms with E-state index in [0.29, 0.717) is 11.7 Å². The molecule has 0 unspecified atom stereocenters. The summed E-state index contributed by atoms with van der Waals surface area (Å²) in [6.45, 7) is 6.18. The van der Waals surface area contributed by atoms with E-state index in [1.807, 2.05) is 11.5 Å². The maximum Gasteiger partial charge on any atom is 0.321 e. The van der Waals surface area contributed by atoms with Gasteiger partial charge in [-0.05, 0) is 63.2 Å². The molecule has 0 saturated heterocycles. The highest BCUT2D eigenvalue weighted by Crippen LogP contribution is 2.55. The number of imide groups is 1. The number of thioether (sulfide) groups is 1. The van der Waals surface area contributed by atoms with Crippen molar-refractivity contribution in [2.24, 2.45) is 17.8 Å². The number of nitrogens with zero attached hydrogens (tertiary/aromatic N) is 3. The first kappa shape index (κ1) is 18.5. The third-order valence-electron chi connectivity index (χ3n) is 6.22. The quantitative estimate of drug-likeness (QED) is 0.577. The van der Waals surface area contributed by atoms with Gasteiger partial charge in [0.25, 0.3) is 0 Å². The number of allylic oxidation sites excluding steroid dienone is 1. The molecule has 4 saturated carbocycles. The van der Waals surface area contributed by atoms with E-state index >= 15 is 0 Å². The smallest absolute Gasteiger partial charge is 0.321 e. The Morgan fingerprint density at radius 1 is 1.22 bits per heavy atom. The van der Waals surface area contributed by atoms with Crippen molar-refractivity contribution in [3.63, 3.8) is 0 Å². The lowest BCUT2D eigenvalue weighted by Gasteiger charge is -2.56. The minimum absolute atomic E-state index is 0.0898. The van der Waals surface area contributed by atoms with E-state index in [1.54, 1.807) is 6.08 Å². The Kier molecular flexibility index (Phi) is 5.01. The molecule has 0 spiro atoms. The molecule has 8 heteroatoms. The molecular formula is C19H27N5O2S. The van der Waals surface area contributed by atoms with Gasteiger partial charge >= 0.3 is 6.03 Å². The Bertz CT molecular complexity index is 724. The Balaban J connectivity index is 1.29. The molecule has 3 amide bonds. The maximum atomic E-state index is 12.4. The Morgan fingerprint density at radius 3 is 2.44 bits per heavy atom. The summed E-state index contributed by atoms with van der Waals surface area (Å²) in [5.41, 5.74) is -0.0898. The minimum Gasteiger partial charge on any atom is -0.332 e. The van der Waals surface area contributed by atoms with Crippen LogP contribution in [0.3, 0.4) is 0 Å². The van der Waals surface area contributed by atoms with Gasteiger partial charge in [0, 0.05) is 12.1 Å². The molecule has 4 aliphatic rings. The van der Waals surface area contributed by atoms with Crippen LogP contribution in [0, 0.1) is 24.7 Å². The number of carbonyl (C=O) groups is 2. The van der Waals surface area contributed by atoms with Crippen molar-refractivity contribution < 1.29 is 9.59 Å². The molecule has 27 heavy (non-hydrogen) atoms. The standard InChI is InChI=1S/C19H27N5O2S/c1-3-4-24-12(2)22-23-18(24)27-11-16(25)20-17(26)21-19-8-13-5-14(9-19)7-15(6-13)10-19/h3,13-15H,1,4-11H2,2H3,(H2,20,21,25,26). The van der Waals surface area contributed by atoms with Gasteiger partial charge in [-0.1, -0.05) is 17.8 Å². The Morgan fingerprint density at radius 2 is 1.85 bits per heavy atom. The predicted octanol–water partition coefficient (Wildman–Crippen LogP) is 2.66. The van der Waals surface area contributed by atoms with Gasteiger partial charge in [0.15, 0.2) is 5.16 Å². The van der Waals surface area contributed by atoms with Crippen molar-refractivity contribution >= 4 is 23.7 Å². The van der Waals surface area contributed by atoms with E-state index in [-0.39, 0.29) is 23.2 Å². The van der Waals surface area contributed by atoms with E-state index in [2.05, 4.69) is 27.4 Å². The molecule has 146 valence electrons. The number of hydrogen-bond donors (Lipinski definition) is 2. The minimum atomic E-state index is -0.355. The lowest BCUT2D eigenvalue weighted by Crippen LogP contribution is -2.61. The second kappa shape index (κ2) is 7.30. The number of hydrogen-bond acceptors (Lipinski definition) is 5. The van der Waals surface area contributed by atoms with Gasteiger partial charge in [-0.15, -0.1) is 16.8 Å². The summed E-state index contributed by atoms with van der Waals surface area (Å²) >= 11 is 1.28. The Hall–Kier alpha value is -1.83. The summed E-state index contributed by atoms with van der Waals surface area (Å²) < 4.78 is 1.89. The number of aryl methyl sites for hydroxylation is 1. The second-order valence-electron chi connectivity index (χ2n) is 8.42. The van der Waals surface area contributed by atoms with Crippen LogP contribution < -0.4 is 10.6 Å². The molecule has 0 aromatic carbocycles. The molecule has 4 fully saturated rings. The van der Waals surface area contributed by atoms with Crippen LogP contribution >= 0.6 is 11.8 Å². The molecule has 0 aliphatic heterocycles. The molecule has 1 aromatic heterocycles. The van der Waals surface area contributed by atoms with Crippen LogP contribution in [0.25, 0.3) is 0 Å². The molecule has 1 heterocycles. The average molecular weight is 390 g/mol. The van der Waals surface area contributed by atoms with Gasteiger partial charge in [-0.3, -0.25) is 10.1 Å². The number of amides is 3. The fraction of sp³-hybridized carbons (Fsp3) is 0.684. The highest BCUT2D eigenvalue weighted by Gasteiger charge is 2.51. The largest absolute Gasteiger partial charge is 0.332 e. The fourth-order valence-electron chi connectivity index (χ4n) is 5.64. The highest BCUT2D eigenvalue weighted by molar-refractivity contribution is 7.99. The van der Waals surface area contributed by atoms with Crippen molar-refractivity contribution in [2.45, 2.75) is 62.7 Å². The van der Waals surface area contributed by atoms with Gasteiger partial charge in [0.05, 0.1) is 5.75 Å². The summed E-state index contributed by atoms with van der Waals surface area (Å²) in [5, 5.41) is 14.4. The highest BCUT2D eigenvalue weighted by atomic mass is 32.2. The van der Waals surface area contributed by atoms with E-state index in [0.717, 1.165) is 42.8 Å². The van der Waals surface area contributed by atoms with Crippen LogP contribution in [0.2, 0.25) is 0 Å². The van der Waals surface area contributed by atoms with Crippen LogP contribution in [-0.4, -0.2) is 38.0 Å². The first-order chi connectivity index (χ1) is 13.0. The van der Waals surface area contributed by atoms with E-state index in [4.69, 9.17) is 0 Å². The first-order valence-electron chi connectivity index (χ1n) is 9.72. The summed E-state index contributed by atoms with van der Waals surface area (Å²) in [6.07, 6.45) is 8.94. The van der Waals surface area contributed by atoms with Crippen LogP contribution in [0.5, 0.6) is 0 Å². The number of aromatic nitrogens is 3. The summed E-state index contributed by atoms with van der Waals surface area (Å²) in [5.74, 6) is 2.85. The number of urea groups is 1. The van der Waals surface area contributed by atoms with Crippen molar-refractivity contribution in [1.29, 1.82) is 0 Å². The zero-order chi connectivity index (χ0) is 19.0. The molecule has 5 rings (SSSR count). The topological polar surface area (TPSA) is 88.9 Å². The third-order valence-corrected chi connectivity index (χ3v) is 7.18. The molecule has 4 aliphatic carbocycles. The molecule has 4 bridgehead atoms. The zero-order valence-corrected chi connectivity index (χ0v) is 16.6. The van der Waals surface area contributed by atoms with Crippen molar-refractivity contribution in [3.8, 4) is 0 Å². The molecule has 7 nitrogen and oxygen atoms in total.